The van der Waals surface area contributed by atoms with E-state index in [4.69, 9.17) is 4.74 Å². The molecule has 1 aromatic rings. The van der Waals surface area contributed by atoms with Gasteiger partial charge in [0.1, 0.15) is 0 Å². The summed E-state index contributed by atoms with van der Waals surface area (Å²) < 4.78 is 5.60. The van der Waals surface area contributed by atoms with Crippen molar-refractivity contribution >= 4 is 5.78 Å². The molecule has 2 rings (SSSR count). The van der Waals surface area contributed by atoms with Gasteiger partial charge in [0, 0.05) is 31.1 Å². The number of hydrogen-bond donors (Lipinski definition) is 0. The van der Waals surface area contributed by atoms with Crippen LogP contribution in [0.3, 0.4) is 0 Å². The van der Waals surface area contributed by atoms with Crippen LogP contribution in [0.15, 0.2) is 24.3 Å². The largest absolute Gasteiger partial charge is 0.376 e. The summed E-state index contributed by atoms with van der Waals surface area (Å²) in [7, 11) is 0. The Hall–Kier alpha value is -1.19. The number of carbonyl (C=O) groups excluding carboxylic acids is 1. The molecule has 0 aromatic heterocycles. The van der Waals surface area contributed by atoms with Gasteiger partial charge in [0.25, 0.3) is 0 Å². The molecule has 0 saturated carbocycles. The predicted octanol–water partition coefficient (Wildman–Crippen LogP) is 2.68. The Morgan fingerprint density at radius 1 is 1.37 bits per heavy atom. The molecule has 3 heteroatoms. The summed E-state index contributed by atoms with van der Waals surface area (Å²) in [5.41, 5.74) is 1.92. The van der Waals surface area contributed by atoms with Crippen molar-refractivity contribution in [1.82, 2.24) is 4.90 Å². The third kappa shape index (κ3) is 3.64. The monoisotopic (exact) mass is 261 g/mol. The predicted molar refractivity (Wildman–Crippen MR) is 76.6 cm³/mol. The summed E-state index contributed by atoms with van der Waals surface area (Å²) >= 11 is 0. The van der Waals surface area contributed by atoms with Gasteiger partial charge in [-0.15, -0.1) is 0 Å². The van der Waals surface area contributed by atoms with Gasteiger partial charge in [-0.1, -0.05) is 24.3 Å². The SMILES string of the molecule is Cc1ccccc1C(=O)CCN1CC(C)OCC1C. The first-order chi connectivity index (χ1) is 9.08. The molecule has 0 aliphatic carbocycles. The maximum Gasteiger partial charge on any atom is 0.164 e. The Labute approximate surface area is 115 Å². The molecule has 1 heterocycles. The number of hydrogen-bond acceptors (Lipinski definition) is 3. The van der Waals surface area contributed by atoms with Gasteiger partial charge in [0.05, 0.1) is 12.7 Å². The van der Waals surface area contributed by atoms with E-state index < -0.39 is 0 Å². The Bertz CT molecular complexity index is 444. The van der Waals surface area contributed by atoms with Gasteiger partial charge in [-0.05, 0) is 26.3 Å². The van der Waals surface area contributed by atoms with Crippen LogP contribution in [0, 0.1) is 6.92 Å². The molecule has 0 bridgehead atoms. The van der Waals surface area contributed by atoms with E-state index in [0.717, 1.165) is 30.8 Å². The van der Waals surface area contributed by atoms with Crippen molar-refractivity contribution in [3.05, 3.63) is 35.4 Å². The molecule has 1 fully saturated rings. The number of rotatable bonds is 4. The fourth-order valence-corrected chi connectivity index (χ4v) is 2.55. The summed E-state index contributed by atoms with van der Waals surface area (Å²) in [5.74, 6) is 0.240. The smallest absolute Gasteiger partial charge is 0.164 e. The number of carbonyl (C=O) groups is 1. The van der Waals surface area contributed by atoms with E-state index in [1.54, 1.807) is 0 Å². The lowest BCUT2D eigenvalue weighted by Gasteiger charge is -2.36. The van der Waals surface area contributed by atoms with Gasteiger partial charge in [0.15, 0.2) is 5.78 Å². The standard InChI is InChI=1S/C16H23NO2/c1-12-6-4-5-7-15(12)16(18)8-9-17-10-14(3)19-11-13(17)2/h4-7,13-14H,8-11H2,1-3H3. The van der Waals surface area contributed by atoms with Crippen molar-refractivity contribution in [3.63, 3.8) is 0 Å². The first-order valence-corrected chi connectivity index (χ1v) is 7.02. The van der Waals surface area contributed by atoms with Crippen LogP contribution in [0.5, 0.6) is 0 Å². The van der Waals surface area contributed by atoms with Gasteiger partial charge in [0.2, 0.25) is 0 Å². The molecule has 0 N–H and O–H groups in total. The van der Waals surface area contributed by atoms with Crippen LogP contribution in [0.1, 0.15) is 36.2 Å². The van der Waals surface area contributed by atoms with E-state index in [0.29, 0.717) is 12.5 Å². The third-order valence-electron chi connectivity index (χ3n) is 3.81. The molecule has 0 spiro atoms. The molecule has 2 atom stereocenters. The van der Waals surface area contributed by atoms with Crippen LogP contribution in [0.25, 0.3) is 0 Å². The average Bonchev–Trinajstić information content (AvgIpc) is 2.40. The number of aryl methyl sites for hydroxylation is 1. The second-order valence-corrected chi connectivity index (χ2v) is 5.48. The highest BCUT2D eigenvalue weighted by Crippen LogP contribution is 2.14. The van der Waals surface area contributed by atoms with Gasteiger partial charge in [-0.3, -0.25) is 9.69 Å². The van der Waals surface area contributed by atoms with Crippen molar-refractivity contribution in [1.29, 1.82) is 0 Å². The number of ketones is 1. The maximum absolute atomic E-state index is 12.2. The Kier molecular flexibility index (Phi) is 4.72. The normalized spacial score (nSPS) is 24.4. The van der Waals surface area contributed by atoms with Gasteiger partial charge in [-0.25, -0.2) is 0 Å². The molecule has 2 unspecified atom stereocenters. The topological polar surface area (TPSA) is 29.5 Å². The van der Waals surface area contributed by atoms with E-state index in [1.807, 2.05) is 31.2 Å². The molecule has 1 aromatic carbocycles. The quantitative estimate of drug-likeness (QED) is 0.780. The number of morpholine rings is 1. The van der Waals surface area contributed by atoms with Crippen LogP contribution >= 0.6 is 0 Å². The maximum atomic E-state index is 12.2. The van der Waals surface area contributed by atoms with Gasteiger partial charge < -0.3 is 4.74 Å². The lowest BCUT2D eigenvalue weighted by molar-refractivity contribution is -0.0488. The minimum atomic E-state index is 0.240. The van der Waals surface area contributed by atoms with Crippen LogP contribution in [-0.2, 0) is 4.74 Å². The van der Waals surface area contributed by atoms with Crippen LogP contribution < -0.4 is 0 Å². The summed E-state index contributed by atoms with van der Waals surface area (Å²) in [6.45, 7) is 8.74. The minimum Gasteiger partial charge on any atom is -0.376 e. The highest BCUT2D eigenvalue weighted by atomic mass is 16.5. The molecule has 0 radical (unpaired) electrons. The lowest BCUT2D eigenvalue weighted by atomic mass is 10.0. The number of Topliss-reactive ketones (excluding diaryl/α,β-unsaturated/α-hetero) is 1. The van der Waals surface area contributed by atoms with Gasteiger partial charge in [-0.2, -0.15) is 0 Å². The van der Waals surface area contributed by atoms with Crippen molar-refractivity contribution in [3.8, 4) is 0 Å². The highest BCUT2D eigenvalue weighted by molar-refractivity contribution is 5.97. The number of benzene rings is 1. The molecular weight excluding hydrogens is 238 g/mol. The van der Waals surface area contributed by atoms with E-state index in [1.165, 1.54) is 0 Å². The zero-order chi connectivity index (χ0) is 13.8. The second-order valence-electron chi connectivity index (χ2n) is 5.48. The first-order valence-electron chi connectivity index (χ1n) is 7.02. The zero-order valence-corrected chi connectivity index (χ0v) is 12.1. The Morgan fingerprint density at radius 2 is 2.11 bits per heavy atom. The van der Waals surface area contributed by atoms with Crippen molar-refractivity contribution in [2.45, 2.75) is 39.3 Å². The second kappa shape index (κ2) is 6.31. The molecule has 19 heavy (non-hydrogen) atoms. The fraction of sp³-hybridized carbons (Fsp3) is 0.562. The zero-order valence-electron chi connectivity index (χ0n) is 12.1. The van der Waals surface area contributed by atoms with Crippen molar-refractivity contribution < 1.29 is 9.53 Å². The molecular formula is C16H23NO2. The van der Waals surface area contributed by atoms with Crippen LogP contribution in [-0.4, -0.2) is 42.5 Å². The first kappa shape index (κ1) is 14.2. The van der Waals surface area contributed by atoms with Crippen LogP contribution in [0.2, 0.25) is 0 Å². The summed E-state index contributed by atoms with van der Waals surface area (Å²) in [6.07, 6.45) is 0.854. The van der Waals surface area contributed by atoms with Crippen molar-refractivity contribution in [2.24, 2.45) is 0 Å². The molecule has 1 aliphatic rings. The third-order valence-corrected chi connectivity index (χ3v) is 3.81. The van der Waals surface area contributed by atoms with E-state index in [-0.39, 0.29) is 11.9 Å². The van der Waals surface area contributed by atoms with E-state index in [2.05, 4.69) is 18.7 Å². The average molecular weight is 261 g/mol. The molecule has 0 amide bonds. The molecule has 104 valence electrons. The molecule has 1 saturated heterocycles. The highest BCUT2D eigenvalue weighted by Gasteiger charge is 2.23. The van der Waals surface area contributed by atoms with E-state index in [9.17, 15) is 4.79 Å². The number of nitrogens with zero attached hydrogens (tertiary/aromatic N) is 1. The summed E-state index contributed by atoms with van der Waals surface area (Å²) in [4.78, 5) is 14.6. The minimum absolute atomic E-state index is 0.240. The lowest BCUT2D eigenvalue weighted by Crippen LogP contribution is -2.47. The Balaban J connectivity index is 1.91. The van der Waals surface area contributed by atoms with Crippen LogP contribution in [0.4, 0.5) is 0 Å². The van der Waals surface area contributed by atoms with Crippen molar-refractivity contribution in [2.75, 3.05) is 19.7 Å². The molecule has 3 nitrogen and oxygen atoms in total. The summed E-state index contributed by atoms with van der Waals surface area (Å²) in [6, 6.07) is 8.22. The fourth-order valence-electron chi connectivity index (χ4n) is 2.55. The molecule has 1 aliphatic heterocycles. The van der Waals surface area contributed by atoms with E-state index >= 15 is 0 Å². The Morgan fingerprint density at radius 3 is 2.84 bits per heavy atom. The number of ether oxygens (including phenoxy) is 1. The summed E-state index contributed by atoms with van der Waals surface area (Å²) in [5, 5.41) is 0. The van der Waals surface area contributed by atoms with Gasteiger partial charge >= 0.3 is 0 Å².